The Kier molecular flexibility index (Phi) is 6.61. The number of carbonyl (C=O) groups is 1. The van der Waals surface area contributed by atoms with Crippen molar-refractivity contribution in [1.29, 1.82) is 0 Å². The Morgan fingerprint density at radius 1 is 1.00 bits per heavy atom. The van der Waals surface area contributed by atoms with Crippen LogP contribution in [0.3, 0.4) is 0 Å². The second kappa shape index (κ2) is 8.53. The molecule has 2 aromatic carbocycles. The van der Waals surface area contributed by atoms with E-state index in [0.717, 1.165) is 9.20 Å². The molecule has 0 bridgehead atoms. The summed E-state index contributed by atoms with van der Waals surface area (Å²) < 4.78 is 42.3. The lowest BCUT2D eigenvalue weighted by Gasteiger charge is -2.23. The van der Waals surface area contributed by atoms with E-state index in [1.165, 1.54) is 64.4 Å². The molecular formula is C18H21NO6S2. The predicted molar refractivity (Wildman–Crippen MR) is 105 cm³/mol. The fourth-order valence-electron chi connectivity index (χ4n) is 2.44. The molecular weight excluding hydrogens is 390 g/mol. The molecule has 9 heteroatoms. The number of hydrogen-bond acceptors (Lipinski definition) is 7. The summed E-state index contributed by atoms with van der Waals surface area (Å²) >= 11 is 1.51. The third kappa shape index (κ3) is 4.14. The van der Waals surface area contributed by atoms with Crippen molar-refractivity contribution in [2.45, 2.75) is 9.79 Å². The maximum atomic E-state index is 13.0. The molecule has 0 aliphatic carbocycles. The molecule has 0 spiro atoms. The highest BCUT2D eigenvalue weighted by Crippen LogP contribution is 2.37. The first-order valence-electron chi connectivity index (χ1n) is 7.77. The molecule has 0 saturated heterocycles. The molecule has 0 amide bonds. The zero-order valence-electron chi connectivity index (χ0n) is 15.7. The first kappa shape index (κ1) is 20.9. The number of methoxy groups -OCH3 is 3. The van der Waals surface area contributed by atoms with Gasteiger partial charge in [0.1, 0.15) is 0 Å². The molecule has 0 unspecified atom stereocenters. The number of sulfonamides is 1. The van der Waals surface area contributed by atoms with Crippen LogP contribution in [-0.2, 0) is 14.8 Å². The molecule has 7 nitrogen and oxygen atoms in total. The van der Waals surface area contributed by atoms with Crippen LogP contribution < -0.4 is 13.8 Å². The van der Waals surface area contributed by atoms with E-state index in [9.17, 15) is 13.2 Å². The van der Waals surface area contributed by atoms with E-state index in [0.29, 0.717) is 5.75 Å². The molecule has 0 aliphatic rings. The van der Waals surface area contributed by atoms with E-state index in [4.69, 9.17) is 14.2 Å². The highest BCUT2D eigenvalue weighted by atomic mass is 32.2. The maximum absolute atomic E-state index is 13.0. The number of nitrogens with zero attached hydrogens (tertiary/aromatic N) is 1. The van der Waals surface area contributed by atoms with Crippen molar-refractivity contribution in [3.05, 3.63) is 42.0 Å². The summed E-state index contributed by atoms with van der Waals surface area (Å²) in [4.78, 5) is 13.3. The van der Waals surface area contributed by atoms with Gasteiger partial charge in [0.2, 0.25) is 0 Å². The van der Waals surface area contributed by atoms with E-state index in [1.807, 2.05) is 6.26 Å². The predicted octanol–water partition coefficient (Wildman–Crippen LogP) is 3.04. The minimum atomic E-state index is -3.91. The van der Waals surface area contributed by atoms with Crippen molar-refractivity contribution < 1.29 is 27.4 Å². The van der Waals surface area contributed by atoms with Crippen molar-refractivity contribution in [2.75, 3.05) is 38.9 Å². The molecule has 0 atom stereocenters. The summed E-state index contributed by atoms with van der Waals surface area (Å²) in [6, 6.07) is 9.32. The largest absolute Gasteiger partial charge is 0.493 e. The standard InChI is InChI=1S/C18H21NO6S2/c1-19(27(21,22)13-8-6-12(26-5)7-9-13)15-11-17(24-3)16(23-2)10-14(15)18(20)25-4/h6-11H,1-5H3. The lowest BCUT2D eigenvalue weighted by Crippen LogP contribution is -2.28. The molecule has 0 fully saturated rings. The van der Waals surface area contributed by atoms with Crippen LogP contribution in [0.5, 0.6) is 11.5 Å². The minimum Gasteiger partial charge on any atom is -0.493 e. The summed E-state index contributed by atoms with van der Waals surface area (Å²) in [6.07, 6.45) is 1.90. The third-order valence-electron chi connectivity index (χ3n) is 3.96. The van der Waals surface area contributed by atoms with Crippen LogP contribution in [0.25, 0.3) is 0 Å². The van der Waals surface area contributed by atoms with Crippen LogP contribution >= 0.6 is 11.8 Å². The second-order valence-corrected chi connectivity index (χ2v) is 8.21. The summed E-state index contributed by atoms with van der Waals surface area (Å²) in [5, 5.41) is 0. The zero-order chi connectivity index (χ0) is 20.2. The van der Waals surface area contributed by atoms with E-state index in [2.05, 4.69) is 0 Å². The van der Waals surface area contributed by atoms with Crippen LogP contribution in [0, 0.1) is 0 Å². The van der Waals surface area contributed by atoms with Gasteiger partial charge >= 0.3 is 5.97 Å². The van der Waals surface area contributed by atoms with Gasteiger partial charge < -0.3 is 14.2 Å². The lowest BCUT2D eigenvalue weighted by atomic mass is 10.1. The second-order valence-electron chi connectivity index (χ2n) is 5.36. The van der Waals surface area contributed by atoms with E-state index < -0.39 is 16.0 Å². The topological polar surface area (TPSA) is 82.1 Å². The van der Waals surface area contributed by atoms with Gasteiger partial charge in [0.15, 0.2) is 11.5 Å². The zero-order valence-corrected chi connectivity index (χ0v) is 17.3. The monoisotopic (exact) mass is 411 g/mol. The Morgan fingerprint density at radius 2 is 1.56 bits per heavy atom. The van der Waals surface area contributed by atoms with Gasteiger partial charge in [-0.1, -0.05) is 0 Å². The molecule has 0 saturated carbocycles. The molecule has 0 heterocycles. The van der Waals surface area contributed by atoms with Crippen molar-refractivity contribution in [3.63, 3.8) is 0 Å². The van der Waals surface area contributed by atoms with Gasteiger partial charge in [-0.15, -0.1) is 11.8 Å². The fraction of sp³-hybridized carbons (Fsp3) is 0.278. The molecule has 0 N–H and O–H groups in total. The molecule has 27 heavy (non-hydrogen) atoms. The molecule has 0 aliphatic heterocycles. The number of benzene rings is 2. The average molecular weight is 412 g/mol. The highest BCUT2D eigenvalue weighted by molar-refractivity contribution is 7.98. The van der Waals surface area contributed by atoms with Crippen LogP contribution in [0.2, 0.25) is 0 Å². The maximum Gasteiger partial charge on any atom is 0.340 e. The van der Waals surface area contributed by atoms with Gasteiger partial charge in [-0.05, 0) is 30.5 Å². The van der Waals surface area contributed by atoms with Gasteiger partial charge in [-0.25, -0.2) is 13.2 Å². The molecule has 0 aromatic heterocycles. The summed E-state index contributed by atoms with van der Waals surface area (Å²) in [5.41, 5.74) is 0.162. The Balaban J connectivity index is 2.61. The number of esters is 1. The van der Waals surface area contributed by atoms with Crippen molar-refractivity contribution in [1.82, 2.24) is 0 Å². The SMILES string of the molecule is COC(=O)c1cc(OC)c(OC)cc1N(C)S(=O)(=O)c1ccc(SC)cc1. The number of anilines is 1. The fourth-order valence-corrected chi connectivity index (χ4v) is 4.05. The lowest BCUT2D eigenvalue weighted by molar-refractivity contribution is 0.0601. The molecule has 0 radical (unpaired) electrons. The Bertz CT molecular complexity index is 926. The van der Waals surface area contributed by atoms with E-state index in [-0.39, 0.29) is 21.9 Å². The molecule has 2 rings (SSSR count). The average Bonchev–Trinajstić information content (AvgIpc) is 2.71. The quantitative estimate of drug-likeness (QED) is 0.512. The van der Waals surface area contributed by atoms with Gasteiger partial charge in [0, 0.05) is 24.1 Å². The highest BCUT2D eigenvalue weighted by Gasteiger charge is 2.27. The van der Waals surface area contributed by atoms with Crippen LogP contribution in [0.1, 0.15) is 10.4 Å². The number of carbonyl (C=O) groups excluding carboxylic acids is 1. The van der Waals surface area contributed by atoms with E-state index in [1.54, 1.807) is 12.1 Å². The van der Waals surface area contributed by atoms with Crippen molar-refractivity contribution >= 4 is 33.4 Å². The normalized spacial score (nSPS) is 11.0. The Labute approximate surface area is 163 Å². The number of ether oxygens (including phenoxy) is 3. The van der Waals surface area contributed by atoms with Crippen LogP contribution in [0.4, 0.5) is 5.69 Å². The van der Waals surface area contributed by atoms with Gasteiger partial charge in [0.05, 0.1) is 37.5 Å². The number of thioether (sulfide) groups is 1. The van der Waals surface area contributed by atoms with Crippen LogP contribution in [0.15, 0.2) is 46.2 Å². The molecule has 146 valence electrons. The Morgan fingerprint density at radius 3 is 2.04 bits per heavy atom. The first-order chi connectivity index (χ1) is 12.8. The third-order valence-corrected chi connectivity index (χ3v) is 6.49. The van der Waals surface area contributed by atoms with Gasteiger partial charge in [-0.3, -0.25) is 4.31 Å². The minimum absolute atomic E-state index is 0.0435. The van der Waals surface area contributed by atoms with E-state index >= 15 is 0 Å². The van der Waals surface area contributed by atoms with Crippen molar-refractivity contribution in [3.8, 4) is 11.5 Å². The summed E-state index contributed by atoms with van der Waals surface area (Å²) in [7, 11) is 1.53. The first-order valence-corrected chi connectivity index (χ1v) is 10.4. The summed E-state index contributed by atoms with van der Waals surface area (Å²) in [6.45, 7) is 0. The number of rotatable bonds is 7. The Hall–Kier alpha value is -2.39. The smallest absolute Gasteiger partial charge is 0.340 e. The van der Waals surface area contributed by atoms with Crippen molar-refractivity contribution in [2.24, 2.45) is 0 Å². The molecule has 2 aromatic rings. The van der Waals surface area contributed by atoms with Gasteiger partial charge in [-0.2, -0.15) is 0 Å². The van der Waals surface area contributed by atoms with Gasteiger partial charge in [0.25, 0.3) is 10.0 Å². The van der Waals surface area contributed by atoms with Crippen LogP contribution in [-0.4, -0.2) is 49.0 Å². The number of hydrogen-bond donors (Lipinski definition) is 0. The summed E-state index contributed by atoms with van der Waals surface area (Å²) in [5.74, 6) is -0.109.